The lowest BCUT2D eigenvalue weighted by atomic mass is 9.73. The second-order valence-electron chi connectivity index (χ2n) is 7.26. The summed E-state index contributed by atoms with van der Waals surface area (Å²) in [5.41, 5.74) is -0.155. The highest BCUT2D eigenvalue weighted by Gasteiger charge is 2.35. The van der Waals surface area contributed by atoms with Crippen molar-refractivity contribution in [2.24, 2.45) is 16.3 Å². The monoisotopic (exact) mass is 345 g/mol. The van der Waals surface area contributed by atoms with Crippen LogP contribution in [0.1, 0.15) is 46.0 Å². The molecule has 1 saturated carbocycles. The number of nitrogens with zero attached hydrogens (tertiary/aromatic N) is 1. The normalized spacial score (nSPS) is 34.3. The van der Waals surface area contributed by atoms with Gasteiger partial charge in [0.25, 0.3) is 0 Å². The van der Waals surface area contributed by atoms with Gasteiger partial charge in [0.2, 0.25) is 0 Å². The second kappa shape index (κ2) is 7.83. The number of aliphatic imine (C=N–C) groups is 1. The first-order valence-corrected chi connectivity index (χ1v) is 10.6. The second-order valence-corrected chi connectivity index (χ2v) is 9.49. The lowest BCUT2D eigenvalue weighted by Gasteiger charge is -2.37. The van der Waals surface area contributed by atoms with E-state index < -0.39 is 9.84 Å². The fourth-order valence-corrected chi connectivity index (χ4v) is 5.30. The average Bonchev–Trinajstić information content (AvgIpc) is 2.85. The third-order valence-corrected chi connectivity index (χ3v) is 6.94. The summed E-state index contributed by atoms with van der Waals surface area (Å²) in [6.45, 7) is 6.09. The van der Waals surface area contributed by atoms with Crippen molar-refractivity contribution in [2.45, 2.75) is 52.1 Å². The van der Waals surface area contributed by atoms with Crippen LogP contribution in [0.25, 0.3) is 0 Å². The molecule has 2 aliphatic rings. The van der Waals surface area contributed by atoms with Gasteiger partial charge < -0.3 is 15.7 Å². The summed E-state index contributed by atoms with van der Waals surface area (Å²) in [6, 6.07) is 0. The van der Waals surface area contributed by atoms with E-state index in [1.54, 1.807) is 0 Å². The highest BCUT2D eigenvalue weighted by molar-refractivity contribution is 7.91. The summed E-state index contributed by atoms with van der Waals surface area (Å²) in [5, 5.41) is 16.7. The number of aliphatic hydroxyl groups excluding tert-OH is 1. The molecule has 23 heavy (non-hydrogen) atoms. The van der Waals surface area contributed by atoms with E-state index in [2.05, 4.69) is 22.5 Å². The van der Waals surface area contributed by atoms with E-state index in [9.17, 15) is 13.5 Å². The minimum absolute atomic E-state index is 0.155. The van der Waals surface area contributed by atoms with Gasteiger partial charge in [0.1, 0.15) is 0 Å². The Morgan fingerprint density at radius 3 is 2.70 bits per heavy atom. The van der Waals surface area contributed by atoms with Gasteiger partial charge in [-0.3, -0.25) is 4.99 Å². The van der Waals surface area contributed by atoms with Gasteiger partial charge in [-0.15, -0.1) is 0 Å². The number of rotatable bonds is 5. The standard InChI is InChI=1S/C16H31N3O3S/c1-3-17-15(18-10-13-7-9-23(21,22)11-13)19-12-16(2)8-5-4-6-14(16)20/h13-14,20H,3-12H2,1-2H3,(H2,17,18,19). The number of hydrogen-bond donors (Lipinski definition) is 3. The molecule has 7 heteroatoms. The first kappa shape index (κ1) is 18.5. The van der Waals surface area contributed by atoms with Crippen LogP contribution in [0.4, 0.5) is 0 Å². The quantitative estimate of drug-likeness (QED) is 0.509. The number of sulfone groups is 1. The number of hydrogen-bond acceptors (Lipinski definition) is 4. The molecule has 0 amide bonds. The lowest BCUT2D eigenvalue weighted by Crippen LogP contribution is -2.43. The fraction of sp³-hybridized carbons (Fsp3) is 0.938. The third kappa shape index (κ3) is 5.35. The molecular formula is C16H31N3O3S. The maximum absolute atomic E-state index is 11.5. The predicted molar refractivity (Wildman–Crippen MR) is 93.3 cm³/mol. The molecule has 2 fully saturated rings. The van der Waals surface area contributed by atoms with Crippen molar-refractivity contribution in [2.75, 3.05) is 31.1 Å². The van der Waals surface area contributed by atoms with Crippen LogP contribution in [-0.4, -0.2) is 56.7 Å². The average molecular weight is 346 g/mol. The molecule has 3 N–H and O–H groups in total. The van der Waals surface area contributed by atoms with Crippen molar-refractivity contribution in [1.29, 1.82) is 0 Å². The molecule has 0 aromatic carbocycles. The van der Waals surface area contributed by atoms with E-state index in [1.807, 2.05) is 6.92 Å². The molecule has 1 aliphatic carbocycles. The lowest BCUT2D eigenvalue weighted by molar-refractivity contribution is 0.00716. The molecule has 3 unspecified atom stereocenters. The highest BCUT2D eigenvalue weighted by atomic mass is 32.2. The van der Waals surface area contributed by atoms with E-state index >= 15 is 0 Å². The molecule has 1 saturated heterocycles. The Morgan fingerprint density at radius 2 is 2.09 bits per heavy atom. The van der Waals surface area contributed by atoms with Crippen LogP contribution >= 0.6 is 0 Å². The minimum atomic E-state index is -2.84. The minimum Gasteiger partial charge on any atom is -0.392 e. The molecular weight excluding hydrogens is 314 g/mol. The third-order valence-electron chi connectivity index (χ3n) is 5.11. The Kier molecular flexibility index (Phi) is 6.31. The zero-order valence-electron chi connectivity index (χ0n) is 14.3. The highest BCUT2D eigenvalue weighted by Crippen LogP contribution is 2.36. The van der Waals surface area contributed by atoms with Gasteiger partial charge in [-0.05, 0) is 32.1 Å². The van der Waals surface area contributed by atoms with Crippen molar-refractivity contribution in [1.82, 2.24) is 10.6 Å². The van der Waals surface area contributed by atoms with Gasteiger partial charge in [-0.25, -0.2) is 8.42 Å². The molecule has 0 aromatic rings. The van der Waals surface area contributed by atoms with E-state index in [0.29, 0.717) is 18.8 Å². The molecule has 134 valence electrons. The smallest absolute Gasteiger partial charge is 0.191 e. The van der Waals surface area contributed by atoms with Crippen LogP contribution in [0.2, 0.25) is 0 Å². The van der Waals surface area contributed by atoms with Crippen molar-refractivity contribution in [3.63, 3.8) is 0 Å². The van der Waals surface area contributed by atoms with Crippen LogP contribution in [0.3, 0.4) is 0 Å². The zero-order valence-corrected chi connectivity index (χ0v) is 15.2. The maximum Gasteiger partial charge on any atom is 0.191 e. The molecule has 0 aromatic heterocycles. The Balaban J connectivity index is 1.89. The fourth-order valence-electron chi connectivity index (χ4n) is 3.44. The number of aliphatic hydroxyl groups is 1. The zero-order chi connectivity index (χ0) is 16.9. The van der Waals surface area contributed by atoms with Gasteiger partial charge in [0, 0.05) is 18.5 Å². The summed E-state index contributed by atoms with van der Waals surface area (Å²) in [6.07, 6.45) is 4.53. The first-order valence-electron chi connectivity index (χ1n) is 8.75. The molecule has 1 aliphatic heterocycles. The largest absolute Gasteiger partial charge is 0.392 e. The summed E-state index contributed by atoms with van der Waals surface area (Å²) in [7, 11) is -2.84. The van der Waals surface area contributed by atoms with E-state index in [0.717, 1.165) is 44.6 Å². The Morgan fingerprint density at radius 1 is 1.30 bits per heavy atom. The van der Waals surface area contributed by atoms with Crippen molar-refractivity contribution in [3.05, 3.63) is 0 Å². The van der Waals surface area contributed by atoms with Crippen LogP contribution < -0.4 is 10.6 Å². The topological polar surface area (TPSA) is 90.8 Å². The SMILES string of the molecule is CCNC(=NCC1(C)CCCCC1O)NCC1CCS(=O)(=O)C1. The van der Waals surface area contributed by atoms with E-state index in [4.69, 9.17) is 0 Å². The Hall–Kier alpha value is -0.820. The van der Waals surface area contributed by atoms with Gasteiger partial charge in [0.05, 0.1) is 24.2 Å². The summed E-state index contributed by atoms with van der Waals surface area (Å²) in [4.78, 5) is 4.64. The molecule has 6 nitrogen and oxygen atoms in total. The number of guanidine groups is 1. The van der Waals surface area contributed by atoms with Crippen LogP contribution in [0, 0.1) is 11.3 Å². The van der Waals surface area contributed by atoms with Crippen molar-refractivity contribution in [3.8, 4) is 0 Å². The van der Waals surface area contributed by atoms with Crippen molar-refractivity contribution >= 4 is 15.8 Å². The molecule has 2 rings (SSSR count). The summed E-state index contributed by atoms with van der Waals surface area (Å²) < 4.78 is 23.0. The Labute approximate surface area is 140 Å². The van der Waals surface area contributed by atoms with Gasteiger partial charge in [-0.1, -0.05) is 19.8 Å². The van der Waals surface area contributed by atoms with Gasteiger partial charge in [-0.2, -0.15) is 0 Å². The first-order chi connectivity index (χ1) is 10.8. The van der Waals surface area contributed by atoms with Crippen LogP contribution in [0.5, 0.6) is 0 Å². The molecule has 0 radical (unpaired) electrons. The van der Waals surface area contributed by atoms with E-state index in [-0.39, 0.29) is 23.2 Å². The Bertz CT molecular complexity index is 521. The van der Waals surface area contributed by atoms with E-state index in [1.165, 1.54) is 0 Å². The van der Waals surface area contributed by atoms with Gasteiger partial charge >= 0.3 is 0 Å². The maximum atomic E-state index is 11.5. The van der Waals surface area contributed by atoms with Crippen molar-refractivity contribution < 1.29 is 13.5 Å². The molecule has 0 spiro atoms. The van der Waals surface area contributed by atoms with Gasteiger partial charge in [0.15, 0.2) is 15.8 Å². The summed E-state index contributed by atoms with van der Waals surface area (Å²) in [5.74, 6) is 1.46. The molecule has 1 heterocycles. The number of nitrogens with one attached hydrogen (secondary N) is 2. The van der Waals surface area contributed by atoms with Crippen LogP contribution in [0.15, 0.2) is 4.99 Å². The predicted octanol–water partition coefficient (Wildman–Crippen LogP) is 0.917. The van der Waals surface area contributed by atoms with Crippen LogP contribution in [-0.2, 0) is 9.84 Å². The summed E-state index contributed by atoms with van der Waals surface area (Å²) >= 11 is 0. The molecule has 0 bridgehead atoms. The molecule has 3 atom stereocenters.